The van der Waals surface area contributed by atoms with E-state index in [2.05, 4.69) is 30.8 Å². The molecule has 0 bridgehead atoms. The van der Waals surface area contributed by atoms with E-state index in [1.165, 1.54) is 0 Å². The number of rotatable bonds is 25. The summed E-state index contributed by atoms with van der Waals surface area (Å²) in [7, 11) is -4.97. The van der Waals surface area contributed by atoms with Crippen molar-refractivity contribution < 1.29 is 109 Å². The number of amides is 5. The first-order valence-corrected chi connectivity index (χ1v) is 18.4. The third-order valence-corrected chi connectivity index (χ3v) is 9.72. The quantitative estimate of drug-likeness (QED) is 0.0163. The zero-order chi connectivity index (χ0) is 34.0. The molecule has 2 saturated heterocycles. The van der Waals surface area contributed by atoms with Crippen LogP contribution in [-0.2, 0) is 61.7 Å². The van der Waals surface area contributed by atoms with Crippen LogP contribution in [0.5, 0.6) is 0 Å². The summed E-state index contributed by atoms with van der Waals surface area (Å²) in [5, 5.41) is 34.1. The van der Waals surface area contributed by atoms with Crippen molar-refractivity contribution in [2.45, 2.75) is 119 Å². The van der Waals surface area contributed by atoms with Crippen molar-refractivity contribution in [1.82, 2.24) is 26.6 Å². The SMILES string of the molecule is [NH-]C(CNC(=O)CCCCCNC(=O)CCCCCNC(=O)CCCCC1SC[C@@H]2NC(=O)N[C@H]12)C(O)CC(O)COS(=O)(=O)[O-].[Na+].[Y]. The number of aliphatic hydroxyl groups is 2. The van der Waals surface area contributed by atoms with Gasteiger partial charge in [-0.2, -0.15) is 11.8 Å². The van der Waals surface area contributed by atoms with Gasteiger partial charge in [0.1, 0.15) is 0 Å². The topological polar surface area (TPSA) is 259 Å². The summed E-state index contributed by atoms with van der Waals surface area (Å²) in [6.45, 7) is 0.101. The molecule has 269 valence electrons. The molecular weight excluding hydrogens is 756 g/mol. The number of carbonyl (C=O) groups excluding carboxylic acids is 4. The van der Waals surface area contributed by atoms with Gasteiger partial charge in [0.15, 0.2) is 0 Å². The number of thioether (sulfide) groups is 1. The molecule has 6 atom stereocenters. The molecule has 5 amide bonds. The molecule has 2 fully saturated rings. The largest absolute Gasteiger partial charge is 1.00 e. The number of fused-ring (bicyclic) bond motifs is 1. The Hall–Kier alpha value is -0.116. The number of hydrogen-bond donors (Lipinski definition) is 7. The average molecular weight is 807 g/mol. The molecule has 2 heterocycles. The van der Waals surface area contributed by atoms with E-state index in [9.17, 15) is 42.4 Å². The fraction of sp³-hybridized carbons (Fsp3) is 0.857. The van der Waals surface area contributed by atoms with Crippen molar-refractivity contribution in [2.75, 3.05) is 32.0 Å². The van der Waals surface area contributed by atoms with Crippen LogP contribution in [0.2, 0.25) is 0 Å². The summed E-state index contributed by atoms with van der Waals surface area (Å²) in [5.41, 5.74) is 7.83. The second kappa shape index (κ2) is 26.6. The standard InChI is InChI=1S/C28H51N6O10S2.Na.Y/c29-20(22(36)15-19(35)17-44-46(41,42)43)16-32-26(39)11-4-2-8-13-30-24(37)10-3-1-7-14-31-25(38)12-6-5-9-23-27-21(18-45-23)33-28(40)34-27;;/h19-23,27,29,35-36H,1-18H2,(H,30,37)(H,31,38)(H,32,39)(H2,33,34,40)(H,41,42,43);;/q-1;+1;/p-1/t19?,20?,21-,22?,23?,27-;;/m0../s1. The van der Waals surface area contributed by atoms with E-state index in [1.807, 2.05) is 11.8 Å². The van der Waals surface area contributed by atoms with E-state index in [0.29, 0.717) is 50.4 Å². The maximum atomic E-state index is 12.1. The number of nitrogens with one attached hydrogen (secondary N) is 6. The monoisotopic (exact) mass is 806 g/mol. The molecule has 0 aromatic heterocycles. The summed E-state index contributed by atoms with van der Waals surface area (Å²) < 4.78 is 35.1. The Morgan fingerprint density at radius 3 is 2.02 bits per heavy atom. The summed E-state index contributed by atoms with van der Waals surface area (Å²) in [5.74, 6) is 0.640. The van der Waals surface area contributed by atoms with Crippen molar-refractivity contribution in [3.63, 3.8) is 0 Å². The maximum Gasteiger partial charge on any atom is 1.00 e. The van der Waals surface area contributed by atoms with Gasteiger partial charge in [-0.05, 0) is 38.5 Å². The second-order valence-corrected chi connectivity index (χ2v) is 14.1. The Morgan fingerprint density at radius 2 is 1.46 bits per heavy atom. The molecule has 0 aromatic carbocycles. The first-order chi connectivity index (χ1) is 21.8. The molecule has 8 N–H and O–H groups in total. The predicted molar refractivity (Wildman–Crippen MR) is 170 cm³/mol. The fourth-order valence-electron chi connectivity index (χ4n) is 5.20. The molecule has 0 spiro atoms. The molecule has 2 rings (SSSR count). The second-order valence-electron chi connectivity index (χ2n) is 11.7. The summed E-state index contributed by atoms with van der Waals surface area (Å²) >= 11 is 1.88. The van der Waals surface area contributed by atoms with Crippen molar-refractivity contribution in [3.8, 4) is 0 Å². The van der Waals surface area contributed by atoms with Crippen LogP contribution in [0.4, 0.5) is 4.79 Å². The Balaban J connectivity index is 0.0000110. The van der Waals surface area contributed by atoms with Gasteiger partial charge in [-0.15, -0.1) is 0 Å². The Kier molecular flexibility index (Phi) is 26.6. The van der Waals surface area contributed by atoms with Gasteiger partial charge in [-0.1, -0.05) is 25.3 Å². The molecule has 1 radical (unpaired) electrons. The van der Waals surface area contributed by atoms with Gasteiger partial charge in [0, 0.05) is 95.1 Å². The summed E-state index contributed by atoms with van der Waals surface area (Å²) in [4.78, 5) is 47.5. The minimum atomic E-state index is -4.97. The Morgan fingerprint density at radius 1 is 0.917 bits per heavy atom. The molecule has 20 heteroatoms. The fourth-order valence-corrected chi connectivity index (χ4v) is 7.07. The summed E-state index contributed by atoms with van der Waals surface area (Å²) in [6, 6.07) is -0.826. The van der Waals surface area contributed by atoms with Crippen LogP contribution in [0.1, 0.15) is 83.5 Å². The van der Waals surface area contributed by atoms with E-state index in [1.54, 1.807) is 0 Å². The normalized spacial score (nSPS) is 20.2. The van der Waals surface area contributed by atoms with Gasteiger partial charge in [0.25, 0.3) is 0 Å². The number of unbranched alkanes of at least 4 members (excludes halogenated alkanes) is 5. The van der Waals surface area contributed by atoms with Crippen molar-refractivity contribution in [3.05, 3.63) is 5.73 Å². The van der Waals surface area contributed by atoms with E-state index >= 15 is 0 Å². The van der Waals surface area contributed by atoms with Crippen LogP contribution in [0.15, 0.2) is 0 Å². The van der Waals surface area contributed by atoms with Gasteiger partial charge in [-0.25, -0.2) is 13.2 Å². The van der Waals surface area contributed by atoms with Crippen LogP contribution < -0.4 is 56.1 Å². The first kappa shape index (κ1) is 47.9. The first-order valence-electron chi connectivity index (χ1n) is 16.0. The van der Waals surface area contributed by atoms with Crippen molar-refractivity contribution in [2.24, 2.45) is 0 Å². The minimum Gasteiger partial charge on any atom is -0.726 e. The van der Waals surface area contributed by atoms with E-state index < -0.39 is 41.7 Å². The third-order valence-electron chi connectivity index (χ3n) is 7.79. The van der Waals surface area contributed by atoms with E-state index in [-0.39, 0.29) is 111 Å². The molecule has 16 nitrogen and oxygen atoms in total. The van der Waals surface area contributed by atoms with Gasteiger partial charge in [-0.3, -0.25) is 18.6 Å². The Bertz CT molecular complexity index is 1080. The zero-order valence-electron chi connectivity index (χ0n) is 27.7. The molecule has 48 heavy (non-hydrogen) atoms. The number of urea groups is 1. The Labute approximate surface area is 335 Å². The van der Waals surface area contributed by atoms with Crippen molar-refractivity contribution >= 4 is 45.9 Å². The van der Waals surface area contributed by atoms with Gasteiger partial charge in [0.05, 0.1) is 24.8 Å². The van der Waals surface area contributed by atoms with Gasteiger partial charge >= 0.3 is 35.6 Å². The number of carbonyl (C=O) groups is 4. The average Bonchev–Trinajstić information content (AvgIpc) is 3.55. The van der Waals surface area contributed by atoms with E-state index in [0.717, 1.165) is 44.3 Å². The molecule has 0 aliphatic carbocycles. The third kappa shape index (κ3) is 22.0. The van der Waals surface area contributed by atoms with Crippen LogP contribution >= 0.6 is 11.8 Å². The van der Waals surface area contributed by atoms with Crippen LogP contribution in [0, 0.1) is 0 Å². The maximum absolute atomic E-state index is 12.1. The predicted octanol–water partition coefficient (Wildman–Crippen LogP) is -2.81. The van der Waals surface area contributed by atoms with Crippen LogP contribution in [0.3, 0.4) is 0 Å². The zero-order valence-corrected chi connectivity index (χ0v) is 34.2. The van der Waals surface area contributed by atoms with Crippen LogP contribution in [-0.4, -0.2) is 115 Å². The van der Waals surface area contributed by atoms with Gasteiger partial charge < -0.3 is 47.1 Å². The molecule has 4 unspecified atom stereocenters. The molecule has 2 aliphatic rings. The molecular formula is C28H50N6NaO10S2Y-. The minimum absolute atomic E-state index is 0. The smallest absolute Gasteiger partial charge is 0.726 e. The van der Waals surface area contributed by atoms with Crippen LogP contribution in [0.25, 0.3) is 5.73 Å². The molecule has 0 aromatic rings. The molecule has 0 saturated carbocycles. The number of aliphatic hydroxyl groups excluding tert-OH is 2. The number of hydrogen-bond acceptors (Lipinski definition) is 11. The van der Waals surface area contributed by atoms with Crippen molar-refractivity contribution in [1.29, 1.82) is 0 Å². The molecule has 2 aliphatic heterocycles. The summed E-state index contributed by atoms with van der Waals surface area (Å²) in [6.07, 6.45) is 5.03. The van der Waals surface area contributed by atoms with E-state index in [4.69, 9.17) is 5.73 Å². The van der Waals surface area contributed by atoms with Gasteiger partial charge in [0.2, 0.25) is 28.1 Å².